The van der Waals surface area contributed by atoms with Crippen LogP contribution >= 0.6 is 0 Å². The van der Waals surface area contributed by atoms with Crippen LogP contribution in [0.4, 0.5) is 5.69 Å². The van der Waals surface area contributed by atoms with E-state index in [-0.39, 0.29) is 11.6 Å². The minimum absolute atomic E-state index is 0.249. The zero-order chi connectivity index (χ0) is 22.8. The Balaban J connectivity index is 1.79. The van der Waals surface area contributed by atoms with Crippen molar-refractivity contribution in [3.63, 3.8) is 0 Å². The third kappa shape index (κ3) is 4.00. The van der Waals surface area contributed by atoms with Crippen molar-refractivity contribution in [2.45, 2.75) is 51.7 Å². The molecule has 7 heteroatoms. The first-order valence-corrected chi connectivity index (χ1v) is 11.0. The molecule has 2 aromatic heterocycles. The topological polar surface area (TPSA) is 100 Å². The molecule has 0 unspecified atom stereocenters. The number of aromatic nitrogens is 2. The number of H-pyrrole nitrogens is 1. The monoisotopic (exact) mass is 434 g/mol. The van der Waals surface area contributed by atoms with E-state index in [1.165, 1.54) is 0 Å². The Hall–Kier alpha value is -3.19. The van der Waals surface area contributed by atoms with Crippen LogP contribution in [-0.4, -0.2) is 42.5 Å². The number of ether oxygens (including phenoxy) is 2. The van der Waals surface area contributed by atoms with Crippen LogP contribution in [0, 0.1) is 19.3 Å². The Morgan fingerprint density at radius 3 is 2.59 bits per heavy atom. The van der Waals surface area contributed by atoms with Crippen LogP contribution in [0.1, 0.15) is 42.4 Å². The van der Waals surface area contributed by atoms with Crippen LogP contribution in [0.15, 0.2) is 29.2 Å². The molecule has 0 saturated heterocycles. The van der Waals surface area contributed by atoms with Gasteiger partial charge in [-0.1, -0.05) is 12.1 Å². The number of rotatable bonds is 6. The lowest BCUT2D eigenvalue weighted by atomic mass is 9.92. The van der Waals surface area contributed by atoms with Gasteiger partial charge in [-0.3, -0.25) is 4.79 Å². The number of methoxy groups -OCH3 is 2. The number of nitrogens with zero attached hydrogens (tertiary/aromatic N) is 1. The molecule has 1 aliphatic rings. The smallest absolute Gasteiger partial charge is 0.259 e. The minimum atomic E-state index is -0.265. The number of pyridine rings is 2. The fraction of sp³-hybridized carbons (Fsp3) is 0.400. The molecule has 2 heterocycles. The van der Waals surface area contributed by atoms with Gasteiger partial charge in [-0.2, -0.15) is 0 Å². The first kappa shape index (κ1) is 22.0. The predicted molar refractivity (Wildman–Crippen MR) is 128 cm³/mol. The summed E-state index contributed by atoms with van der Waals surface area (Å²) in [7, 11) is 3.37. The van der Waals surface area contributed by atoms with Crippen molar-refractivity contribution in [2.24, 2.45) is 0 Å². The number of nitrogens with one attached hydrogen (secondary N) is 3. The van der Waals surface area contributed by atoms with Crippen LogP contribution < -0.4 is 15.6 Å². The minimum Gasteiger partial charge on any atom is -0.481 e. The Bertz CT molecular complexity index is 1210. The fourth-order valence-corrected chi connectivity index (χ4v) is 4.78. The van der Waals surface area contributed by atoms with Gasteiger partial charge in [0.25, 0.3) is 5.56 Å². The number of aryl methyl sites for hydroxylation is 1. The van der Waals surface area contributed by atoms with Crippen molar-refractivity contribution in [1.82, 2.24) is 9.97 Å². The Kier molecular flexibility index (Phi) is 6.28. The molecule has 0 atom stereocenters. The number of aromatic amines is 1. The molecular weight excluding hydrogens is 404 g/mol. The summed E-state index contributed by atoms with van der Waals surface area (Å²) in [5.74, 6) is 0.590. The quantitative estimate of drug-likeness (QED) is 0.493. The maximum Gasteiger partial charge on any atom is 0.259 e. The first-order chi connectivity index (χ1) is 15.5. The summed E-state index contributed by atoms with van der Waals surface area (Å²) in [6, 6.07) is 6.31. The number of hydrogen-bond donors (Lipinski definition) is 3. The second kappa shape index (κ2) is 9.12. The molecule has 3 N–H and O–H groups in total. The molecule has 7 nitrogen and oxygen atoms in total. The van der Waals surface area contributed by atoms with Gasteiger partial charge in [0.2, 0.25) is 5.88 Å². The summed E-state index contributed by atoms with van der Waals surface area (Å²) >= 11 is 0. The van der Waals surface area contributed by atoms with Crippen molar-refractivity contribution < 1.29 is 9.47 Å². The lowest BCUT2D eigenvalue weighted by molar-refractivity contribution is 0.0682. The normalized spacial score (nSPS) is 18.5. The summed E-state index contributed by atoms with van der Waals surface area (Å²) < 4.78 is 10.9. The third-order valence-electron chi connectivity index (χ3n) is 6.50. The molecule has 0 spiro atoms. The summed E-state index contributed by atoms with van der Waals surface area (Å²) in [4.78, 5) is 20.1. The summed E-state index contributed by atoms with van der Waals surface area (Å²) in [5, 5.41) is 12.3. The highest BCUT2D eigenvalue weighted by Crippen LogP contribution is 2.35. The van der Waals surface area contributed by atoms with Crippen molar-refractivity contribution in [1.29, 1.82) is 5.41 Å². The van der Waals surface area contributed by atoms with E-state index in [0.717, 1.165) is 70.7 Å². The van der Waals surface area contributed by atoms with Gasteiger partial charge in [-0.25, -0.2) is 4.98 Å². The number of hydrogen-bond acceptors (Lipinski definition) is 6. The summed E-state index contributed by atoms with van der Waals surface area (Å²) in [6.45, 7) is 4.01. The Morgan fingerprint density at radius 2 is 1.94 bits per heavy atom. The molecule has 1 aliphatic carbocycles. The molecule has 0 aliphatic heterocycles. The number of benzene rings is 1. The second-order valence-corrected chi connectivity index (χ2v) is 8.45. The Morgan fingerprint density at radius 1 is 1.19 bits per heavy atom. The van der Waals surface area contributed by atoms with Gasteiger partial charge < -0.3 is 25.2 Å². The molecule has 168 valence electrons. The van der Waals surface area contributed by atoms with Crippen LogP contribution in [0.25, 0.3) is 22.0 Å². The average molecular weight is 435 g/mol. The largest absolute Gasteiger partial charge is 0.481 e. The standard InChI is InChI=1S/C25H30N4O3/c1-14-13-27-25(32-4)15(2)22(14)16-5-10-19-21(11-16)29-24(30)20(12-26)23(19)28-17-6-8-18(31-3)9-7-17/h5,10-13,17-18,26H,6-9H2,1-4H3,(H2,28,29,30). The molecule has 32 heavy (non-hydrogen) atoms. The average Bonchev–Trinajstić information content (AvgIpc) is 2.79. The van der Waals surface area contributed by atoms with Gasteiger partial charge in [-0.15, -0.1) is 0 Å². The van der Waals surface area contributed by atoms with E-state index in [1.807, 2.05) is 26.0 Å². The van der Waals surface area contributed by atoms with E-state index in [1.54, 1.807) is 20.4 Å². The maximum atomic E-state index is 12.8. The highest BCUT2D eigenvalue weighted by Gasteiger charge is 2.23. The van der Waals surface area contributed by atoms with E-state index in [0.29, 0.717) is 17.5 Å². The molecule has 0 bridgehead atoms. The molecule has 4 rings (SSSR count). The van der Waals surface area contributed by atoms with Gasteiger partial charge in [-0.05, 0) is 62.3 Å². The van der Waals surface area contributed by atoms with E-state index >= 15 is 0 Å². The highest BCUT2D eigenvalue weighted by molar-refractivity contribution is 6.02. The highest BCUT2D eigenvalue weighted by atomic mass is 16.5. The lowest BCUT2D eigenvalue weighted by Gasteiger charge is -2.29. The van der Waals surface area contributed by atoms with Crippen molar-refractivity contribution in [3.05, 3.63) is 51.4 Å². The van der Waals surface area contributed by atoms with E-state index in [9.17, 15) is 4.79 Å². The fourth-order valence-electron chi connectivity index (χ4n) is 4.78. The van der Waals surface area contributed by atoms with Crippen molar-refractivity contribution in [3.8, 4) is 17.0 Å². The molecule has 3 aromatic rings. The van der Waals surface area contributed by atoms with Gasteiger partial charge in [0.05, 0.1) is 30.0 Å². The second-order valence-electron chi connectivity index (χ2n) is 8.45. The Labute approximate surface area is 187 Å². The summed E-state index contributed by atoms with van der Waals surface area (Å²) in [5.41, 5.74) is 5.58. The number of fused-ring (bicyclic) bond motifs is 1. The number of anilines is 1. The van der Waals surface area contributed by atoms with Crippen LogP contribution in [-0.2, 0) is 4.74 Å². The molecular formula is C25H30N4O3. The third-order valence-corrected chi connectivity index (χ3v) is 6.50. The maximum absolute atomic E-state index is 12.8. The van der Waals surface area contributed by atoms with Gasteiger partial charge in [0.1, 0.15) is 0 Å². The molecule has 1 saturated carbocycles. The molecule has 0 amide bonds. The molecule has 1 aromatic carbocycles. The van der Waals surface area contributed by atoms with Crippen LogP contribution in [0.5, 0.6) is 5.88 Å². The van der Waals surface area contributed by atoms with Crippen molar-refractivity contribution >= 4 is 22.8 Å². The lowest BCUT2D eigenvalue weighted by Crippen LogP contribution is -2.30. The van der Waals surface area contributed by atoms with E-state index in [4.69, 9.17) is 14.9 Å². The van der Waals surface area contributed by atoms with E-state index in [2.05, 4.69) is 21.4 Å². The van der Waals surface area contributed by atoms with Gasteiger partial charge >= 0.3 is 0 Å². The van der Waals surface area contributed by atoms with Gasteiger partial charge in [0.15, 0.2) is 0 Å². The van der Waals surface area contributed by atoms with Crippen molar-refractivity contribution in [2.75, 3.05) is 19.5 Å². The first-order valence-electron chi connectivity index (χ1n) is 11.0. The SMILES string of the molecule is COc1ncc(C)c(-c2ccc3c(NC4CCC(OC)CC4)c(C=N)c(=O)[nH]c3c2)c1C. The molecule has 1 fully saturated rings. The zero-order valence-electron chi connectivity index (χ0n) is 19.0. The molecule has 0 radical (unpaired) electrons. The van der Waals surface area contributed by atoms with E-state index < -0.39 is 0 Å². The predicted octanol–water partition coefficient (Wildman–Crippen LogP) is 4.58. The summed E-state index contributed by atoms with van der Waals surface area (Å²) in [6.07, 6.45) is 7.16. The van der Waals surface area contributed by atoms with Gasteiger partial charge in [0, 0.05) is 36.5 Å². The zero-order valence-corrected chi connectivity index (χ0v) is 19.0. The van der Waals surface area contributed by atoms with Crippen LogP contribution in [0.2, 0.25) is 0 Å². The van der Waals surface area contributed by atoms with Crippen LogP contribution in [0.3, 0.4) is 0 Å².